The van der Waals surface area contributed by atoms with Gasteiger partial charge in [0.1, 0.15) is 5.78 Å². The molecule has 0 amide bonds. The molecule has 1 N–H and O–H groups in total. The molecule has 5 heteroatoms. The van der Waals surface area contributed by atoms with Gasteiger partial charge < -0.3 is 5.11 Å². The molecule has 0 saturated carbocycles. The van der Waals surface area contributed by atoms with Crippen LogP contribution in [0.4, 0.5) is 5.69 Å². The van der Waals surface area contributed by atoms with E-state index in [9.17, 15) is 20.0 Å². The van der Waals surface area contributed by atoms with Crippen molar-refractivity contribution >= 4 is 11.5 Å². The Morgan fingerprint density at radius 3 is 2.12 bits per heavy atom. The van der Waals surface area contributed by atoms with E-state index >= 15 is 0 Å². The minimum Gasteiger partial charge on any atom is -0.388 e. The van der Waals surface area contributed by atoms with Gasteiger partial charge in [0, 0.05) is 25.0 Å². The summed E-state index contributed by atoms with van der Waals surface area (Å²) in [5.74, 6) is 0.0480. The highest BCUT2D eigenvalue weighted by molar-refractivity contribution is 5.79. The Morgan fingerprint density at radius 1 is 1.04 bits per heavy atom. The second kappa shape index (κ2) is 11.7. The zero-order chi connectivity index (χ0) is 17.8. The van der Waals surface area contributed by atoms with Crippen molar-refractivity contribution in [3.8, 4) is 0 Å². The minimum absolute atomic E-state index is 0.0174. The van der Waals surface area contributed by atoms with E-state index in [1.165, 1.54) is 62.8 Å². The average Bonchev–Trinajstić information content (AvgIpc) is 2.57. The molecule has 0 saturated heterocycles. The maximum Gasteiger partial charge on any atom is 0.269 e. The lowest BCUT2D eigenvalue weighted by Gasteiger charge is -2.10. The first-order valence-electron chi connectivity index (χ1n) is 8.98. The van der Waals surface area contributed by atoms with Crippen molar-refractivity contribution in [3.05, 3.63) is 39.9 Å². The van der Waals surface area contributed by atoms with E-state index in [-0.39, 0.29) is 17.9 Å². The van der Waals surface area contributed by atoms with Crippen LogP contribution in [0.1, 0.15) is 82.8 Å². The summed E-state index contributed by atoms with van der Waals surface area (Å²) in [5.41, 5.74) is 0.529. The van der Waals surface area contributed by atoms with Crippen LogP contribution in [-0.4, -0.2) is 15.8 Å². The maximum atomic E-state index is 11.9. The van der Waals surface area contributed by atoms with E-state index in [0.29, 0.717) is 12.0 Å². The number of nitrogens with zero attached hydrogens (tertiary/aromatic N) is 1. The van der Waals surface area contributed by atoms with Gasteiger partial charge in [0.25, 0.3) is 5.69 Å². The number of benzene rings is 1. The first-order chi connectivity index (χ1) is 11.5. The molecule has 1 atom stereocenters. The fraction of sp³-hybridized carbons (Fsp3) is 0.632. The topological polar surface area (TPSA) is 80.4 Å². The zero-order valence-electron chi connectivity index (χ0n) is 14.6. The molecule has 0 aliphatic rings. The highest BCUT2D eigenvalue weighted by Gasteiger charge is 2.14. The molecule has 134 valence electrons. The molecule has 0 spiro atoms. The Morgan fingerprint density at radius 2 is 1.58 bits per heavy atom. The number of carbonyl (C=O) groups is 1. The molecule has 1 aromatic carbocycles. The van der Waals surface area contributed by atoms with Gasteiger partial charge in [-0.3, -0.25) is 14.9 Å². The van der Waals surface area contributed by atoms with Crippen molar-refractivity contribution in [3.63, 3.8) is 0 Å². The second-order valence-corrected chi connectivity index (χ2v) is 6.33. The van der Waals surface area contributed by atoms with Crippen molar-refractivity contribution in [2.24, 2.45) is 0 Å². The molecular formula is C19H29NO4. The van der Waals surface area contributed by atoms with E-state index in [0.717, 1.165) is 12.8 Å². The minimum atomic E-state index is -0.882. The molecule has 24 heavy (non-hydrogen) atoms. The number of nitro benzene ring substituents is 1. The Hall–Kier alpha value is -1.75. The Bertz CT molecular complexity index is 499. The van der Waals surface area contributed by atoms with E-state index in [1.807, 2.05) is 0 Å². The molecule has 0 aliphatic heterocycles. The van der Waals surface area contributed by atoms with Crippen LogP contribution in [0.5, 0.6) is 0 Å². The third-order valence-electron chi connectivity index (χ3n) is 4.22. The molecule has 0 unspecified atom stereocenters. The number of hydrogen-bond donors (Lipinski definition) is 1. The molecule has 0 fully saturated rings. The van der Waals surface area contributed by atoms with E-state index in [4.69, 9.17) is 0 Å². The molecule has 1 aromatic rings. The summed E-state index contributed by atoms with van der Waals surface area (Å²) >= 11 is 0. The number of aliphatic hydroxyl groups is 1. The number of nitro groups is 1. The summed E-state index contributed by atoms with van der Waals surface area (Å²) in [7, 11) is 0. The number of carbonyl (C=O) groups excluding carboxylic acids is 1. The Labute approximate surface area is 144 Å². The summed E-state index contributed by atoms with van der Waals surface area (Å²) in [6, 6.07) is 5.71. The molecule has 0 heterocycles. The van der Waals surface area contributed by atoms with Crippen molar-refractivity contribution in [1.82, 2.24) is 0 Å². The standard InChI is InChI=1S/C19H29NO4/c1-2-3-4-5-6-7-8-9-10-18(21)15-19(22)16-11-13-17(14-12-16)20(23)24/h11-14,19,22H,2-10,15H2,1H3/t19-/m1/s1. The van der Waals surface area contributed by atoms with Crippen LogP contribution in [0.2, 0.25) is 0 Å². The van der Waals surface area contributed by atoms with Gasteiger partial charge in [-0.25, -0.2) is 0 Å². The monoisotopic (exact) mass is 335 g/mol. The third-order valence-corrected chi connectivity index (χ3v) is 4.22. The van der Waals surface area contributed by atoms with E-state index in [1.54, 1.807) is 0 Å². The van der Waals surface area contributed by atoms with Gasteiger partial charge in [-0.1, -0.05) is 51.9 Å². The van der Waals surface area contributed by atoms with Crippen molar-refractivity contribution < 1.29 is 14.8 Å². The average molecular weight is 335 g/mol. The van der Waals surface area contributed by atoms with Gasteiger partial charge in [0.15, 0.2) is 0 Å². The number of hydrogen-bond acceptors (Lipinski definition) is 4. The van der Waals surface area contributed by atoms with Crippen LogP contribution in [0.3, 0.4) is 0 Å². The van der Waals surface area contributed by atoms with Gasteiger partial charge in [-0.2, -0.15) is 0 Å². The molecular weight excluding hydrogens is 306 g/mol. The normalized spacial score (nSPS) is 12.1. The predicted molar refractivity (Wildman–Crippen MR) is 94.9 cm³/mol. The molecule has 0 aromatic heterocycles. The number of unbranched alkanes of at least 4 members (excludes halogenated alkanes) is 7. The lowest BCUT2D eigenvalue weighted by Crippen LogP contribution is -2.06. The number of Topliss-reactive ketones (excluding diaryl/α,β-unsaturated/α-hetero) is 1. The number of aliphatic hydroxyl groups excluding tert-OH is 1. The summed E-state index contributed by atoms with van der Waals surface area (Å²) in [6.45, 7) is 2.21. The van der Waals surface area contributed by atoms with Crippen LogP contribution in [0.15, 0.2) is 24.3 Å². The SMILES string of the molecule is CCCCCCCCCCC(=O)C[C@@H](O)c1ccc([N+](=O)[O-])cc1. The van der Waals surface area contributed by atoms with Crippen LogP contribution in [-0.2, 0) is 4.79 Å². The van der Waals surface area contributed by atoms with Gasteiger partial charge in [0.2, 0.25) is 0 Å². The van der Waals surface area contributed by atoms with Gasteiger partial charge >= 0.3 is 0 Å². The molecule has 5 nitrogen and oxygen atoms in total. The lowest BCUT2D eigenvalue weighted by atomic mass is 10.0. The smallest absolute Gasteiger partial charge is 0.269 e. The molecule has 0 aliphatic carbocycles. The van der Waals surface area contributed by atoms with Crippen molar-refractivity contribution in [2.75, 3.05) is 0 Å². The fourth-order valence-electron chi connectivity index (χ4n) is 2.71. The van der Waals surface area contributed by atoms with Crippen molar-refractivity contribution in [2.45, 2.75) is 77.2 Å². The number of non-ortho nitro benzene ring substituents is 1. The van der Waals surface area contributed by atoms with Crippen LogP contribution < -0.4 is 0 Å². The molecule has 0 bridgehead atoms. The molecule has 1 rings (SSSR count). The number of ketones is 1. The first-order valence-corrected chi connectivity index (χ1v) is 8.98. The fourth-order valence-corrected chi connectivity index (χ4v) is 2.71. The quantitative estimate of drug-likeness (QED) is 0.308. The van der Waals surface area contributed by atoms with Crippen LogP contribution in [0.25, 0.3) is 0 Å². The predicted octanol–water partition coefficient (Wildman–Crippen LogP) is 5.12. The summed E-state index contributed by atoms with van der Waals surface area (Å²) in [5, 5.41) is 20.6. The maximum absolute atomic E-state index is 11.9. The number of rotatable bonds is 13. The third kappa shape index (κ3) is 8.20. The van der Waals surface area contributed by atoms with E-state index < -0.39 is 11.0 Å². The summed E-state index contributed by atoms with van der Waals surface area (Å²) in [4.78, 5) is 22.0. The highest BCUT2D eigenvalue weighted by Crippen LogP contribution is 2.21. The largest absolute Gasteiger partial charge is 0.388 e. The summed E-state index contributed by atoms with van der Waals surface area (Å²) < 4.78 is 0. The van der Waals surface area contributed by atoms with Crippen LogP contribution >= 0.6 is 0 Å². The zero-order valence-corrected chi connectivity index (χ0v) is 14.6. The lowest BCUT2D eigenvalue weighted by molar-refractivity contribution is -0.384. The molecule has 0 radical (unpaired) electrons. The summed E-state index contributed by atoms with van der Waals surface area (Å²) in [6.07, 6.45) is 9.18. The van der Waals surface area contributed by atoms with E-state index in [2.05, 4.69) is 6.92 Å². The van der Waals surface area contributed by atoms with Crippen LogP contribution in [0, 0.1) is 10.1 Å². The Balaban J connectivity index is 2.18. The second-order valence-electron chi connectivity index (χ2n) is 6.33. The highest BCUT2D eigenvalue weighted by atomic mass is 16.6. The van der Waals surface area contributed by atoms with Gasteiger partial charge in [0.05, 0.1) is 11.0 Å². The first kappa shape index (κ1) is 20.3. The van der Waals surface area contributed by atoms with Gasteiger partial charge in [-0.15, -0.1) is 0 Å². The van der Waals surface area contributed by atoms with Gasteiger partial charge in [-0.05, 0) is 24.1 Å². The Kier molecular flexibility index (Phi) is 9.92. The van der Waals surface area contributed by atoms with Crippen molar-refractivity contribution in [1.29, 1.82) is 0 Å².